The molecule has 0 bridgehead atoms. The first kappa shape index (κ1) is 13.3. The highest BCUT2D eigenvalue weighted by Gasteiger charge is 2.14. The van der Waals surface area contributed by atoms with E-state index >= 15 is 0 Å². The lowest BCUT2D eigenvalue weighted by atomic mass is 10.0. The Morgan fingerprint density at radius 2 is 2.26 bits per heavy atom. The van der Waals surface area contributed by atoms with Crippen molar-refractivity contribution < 1.29 is 13.9 Å². The number of ether oxygens (including phenoxy) is 1. The number of aryl methyl sites for hydroxylation is 1. The van der Waals surface area contributed by atoms with E-state index in [0.29, 0.717) is 5.75 Å². The minimum Gasteiger partial charge on any atom is -0.497 e. The molecule has 4 nitrogen and oxygen atoms in total. The summed E-state index contributed by atoms with van der Waals surface area (Å²) in [6.07, 6.45) is 3.56. The lowest BCUT2D eigenvalue weighted by molar-refractivity contribution is 0.0989. The fourth-order valence-electron chi connectivity index (χ4n) is 1.80. The van der Waals surface area contributed by atoms with Crippen LogP contribution in [0.2, 0.25) is 0 Å². The van der Waals surface area contributed by atoms with Crippen LogP contribution in [0.3, 0.4) is 0 Å². The van der Waals surface area contributed by atoms with E-state index in [4.69, 9.17) is 4.74 Å². The second-order valence-corrected chi connectivity index (χ2v) is 4.15. The average Bonchev–Trinajstić information content (AvgIpc) is 2.86. The molecule has 0 radical (unpaired) electrons. The Morgan fingerprint density at radius 3 is 2.84 bits per heavy atom. The summed E-state index contributed by atoms with van der Waals surface area (Å²) < 4.78 is 20.4. The minimum atomic E-state index is -0.563. The summed E-state index contributed by atoms with van der Waals surface area (Å²) in [6.45, 7) is 2.70. The third-order valence-corrected chi connectivity index (χ3v) is 2.85. The number of carbonyl (C=O) groups excluding carboxylic acids is 1. The number of rotatable bonds is 5. The lowest BCUT2D eigenvalue weighted by Gasteiger charge is -2.04. The molecule has 0 aliphatic heterocycles. The molecule has 0 aliphatic rings. The van der Waals surface area contributed by atoms with Gasteiger partial charge in [0, 0.05) is 25.2 Å². The van der Waals surface area contributed by atoms with Crippen LogP contribution in [0.15, 0.2) is 30.6 Å². The topological polar surface area (TPSA) is 44.1 Å². The number of hydrogen-bond donors (Lipinski definition) is 0. The van der Waals surface area contributed by atoms with Crippen molar-refractivity contribution in [2.75, 3.05) is 7.11 Å². The maximum atomic E-state index is 13.7. The zero-order valence-corrected chi connectivity index (χ0v) is 10.9. The molecule has 0 aliphatic carbocycles. The summed E-state index contributed by atoms with van der Waals surface area (Å²) in [5.41, 5.74) is 0.854. The molecule has 0 N–H and O–H groups in total. The van der Waals surface area contributed by atoms with Gasteiger partial charge in [-0.05, 0) is 24.6 Å². The molecule has 1 heterocycles. The van der Waals surface area contributed by atoms with Crippen LogP contribution >= 0.6 is 0 Å². The van der Waals surface area contributed by atoms with Gasteiger partial charge in [0.2, 0.25) is 0 Å². The fraction of sp³-hybridized carbons (Fsp3) is 0.286. The van der Waals surface area contributed by atoms with Crippen LogP contribution < -0.4 is 4.74 Å². The molecule has 1 aromatic heterocycles. The van der Waals surface area contributed by atoms with Gasteiger partial charge in [-0.15, -0.1) is 0 Å². The molecule has 2 rings (SSSR count). The molecule has 0 amide bonds. The monoisotopic (exact) mass is 262 g/mol. The molecule has 0 spiro atoms. The number of aromatic nitrogens is 2. The molecular formula is C14H15FN2O2. The van der Waals surface area contributed by atoms with E-state index in [2.05, 4.69) is 5.10 Å². The number of benzene rings is 1. The number of ketones is 1. The maximum Gasteiger partial charge on any atom is 0.170 e. The van der Waals surface area contributed by atoms with Gasteiger partial charge in [0.05, 0.1) is 18.9 Å². The Balaban J connectivity index is 2.15. The van der Waals surface area contributed by atoms with Gasteiger partial charge in [0.1, 0.15) is 11.6 Å². The van der Waals surface area contributed by atoms with E-state index in [0.717, 1.165) is 12.1 Å². The largest absolute Gasteiger partial charge is 0.497 e. The van der Waals surface area contributed by atoms with Crippen molar-refractivity contribution in [3.8, 4) is 5.75 Å². The van der Waals surface area contributed by atoms with Crippen LogP contribution in [-0.2, 0) is 13.0 Å². The summed E-state index contributed by atoms with van der Waals surface area (Å²) in [6, 6.07) is 4.23. The van der Waals surface area contributed by atoms with E-state index in [1.54, 1.807) is 23.1 Å². The highest BCUT2D eigenvalue weighted by atomic mass is 19.1. The van der Waals surface area contributed by atoms with Gasteiger partial charge in [-0.1, -0.05) is 0 Å². The number of hydrogen-bond acceptors (Lipinski definition) is 3. The molecular weight excluding hydrogens is 247 g/mol. The standard InChI is InChI=1S/C14H15FN2O2/c1-3-17-9-10(8-16-17)6-14(18)12-5-4-11(19-2)7-13(12)15/h4-5,7-9H,3,6H2,1-2H3. The average molecular weight is 262 g/mol. The van der Waals surface area contributed by atoms with Gasteiger partial charge in [0.25, 0.3) is 0 Å². The van der Waals surface area contributed by atoms with Crippen molar-refractivity contribution in [3.63, 3.8) is 0 Å². The van der Waals surface area contributed by atoms with Crippen molar-refractivity contribution in [1.82, 2.24) is 9.78 Å². The summed E-state index contributed by atoms with van der Waals surface area (Å²) in [5, 5.41) is 4.08. The van der Waals surface area contributed by atoms with Crippen LogP contribution in [0.25, 0.3) is 0 Å². The summed E-state index contributed by atoms with van der Waals surface area (Å²) in [5.74, 6) is -0.434. The molecule has 100 valence electrons. The first-order valence-corrected chi connectivity index (χ1v) is 6.02. The van der Waals surface area contributed by atoms with Gasteiger partial charge in [0.15, 0.2) is 5.78 Å². The SMILES string of the molecule is CCn1cc(CC(=O)c2ccc(OC)cc2F)cn1. The second-order valence-electron chi connectivity index (χ2n) is 4.15. The van der Waals surface area contributed by atoms with E-state index in [9.17, 15) is 9.18 Å². The highest BCUT2D eigenvalue weighted by Crippen LogP contribution is 2.18. The van der Waals surface area contributed by atoms with Gasteiger partial charge in [-0.3, -0.25) is 9.48 Å². The molecule has 0 atom stereocenters. The van der Waals surface area contributed by atoms with Gasteiger partial charge in [-0.25, -0.2) is 4.39 Å². The van der Waals surface area contributed by atoms with E-state index in [-0.39, 0.29) is 17.8 Å². The Morgan fingerprint density at radius 1 is 1.47 bits per heavy atom. The predicted molar refractivity (Wildman–Crippen MR) is 68.9 cm³/mol. The Bertz CT molecular complexity index is 593. The van der Waals surface area contributed by atoms with Gasteiger partial charge in [-0.2, -0.15) is 5.10 Å². The van der Waals surface area contributed by atoms with Crippen molar-refractivity contribution in [3.05, 3.63) is 47.5 Å². The first-order chi connectivity index (χ1) is 9.13. The van der Waals surface area contributed by atoms with Crippen molar-refractivity contribution in [2.24, 2.45) is 0 Å². The predicted octanol–water partition coefficient (Wildman–Crippen LogP) is 2.48. The highest BCUT2D eigenvalue weighted by molar-refractivity contribution is 5.97. The van der Waals surface area contributed by atoms with Crippen molar-refractivity contribution in [1.29, 1.82) is 0 Å². The zero-order valence-electron chi connectivity index (χ0n) is 10.9. The Labute approximate surface area is 110 Å². The number of nitrogens with zero attached hydrogens (tertiary/aromatic N) is 2. The van der Waals surface area contributed by atoms with Gasteiger partial charge < -0.3 is 4.74 Å². The van der Waals surface area contributed by atoms with Crippen molar-refractivity contribution in [2.45, 2.75) is 19.9 Å². The third-order valence-electron chi connectivity index (χ3n) is 2.85. The van der Waals surface area contributed by atoms with E-state index in [1.807, 2.05) is 6.92 Å². The molecule has 0 unspecified atom stereocenters. The van der Waals surface area contributed by atoms with E-state index in [1.165, 1.54) is 19.2 Å². The van der Waals surface area contributed by atoms with Crippen LogP contribution in [0.4, 0.5) is 4.39 Å². The number of methoxy groups -OCH3 is 1. The molecule has 2 aromatic rings. The second kappa shape index (κ2) is 5.65. The van der Waals surface area contributed by atoms with Crippen LogP contribution in [0.5, 0.6) is 5.75 Å². The van der Waals surface area contributed by atoms with Crippen LogP contribution in [0, 0.1) is 5.82 Å². The first-order valence-electron chi connectivity index (χ1n) is 6.02. The third kappa shape index (κ3) is 2.99. The Kier molecular flexibility index (Phi) is 3.94. The fourth-order valence-corrected chi connectivity index (χ4v) is 1.80. The van der Waals surface area contributed by atoms with Crippen molar-refractivity contribution >= 4 is 5.78 Å². The molecule has 5 heteroatoms. The molecule has 19 heavy (non-hydrogen) atoms. The van der Waals surface area contributed by atoms with Crippen LogP contribution in [-0.4, -0.2) is 22.7 Å². The Hall–Kier alpha value is -2.17. The van der Waals surface area contributed by atoms with E-state index < -0.39 is 5.82 Å². The lowest BCUT2D eigenvalue weighted by Crippen LogP contribution is -2.06. The summed E-state index contributed by atoms with van der Waals surface area (Å²) >= 11 is 0. The number of Topliss-reactive ketones (excluding diaryl/α,β-unsaturated/α-hetero) is 1. The quantitative estimate of drug-likeness (QED) is 0.777. The summed E-state index contributed by atoms with van der Waals surface area (Å²) in [7, 11) is 1.45. The molecule has 0 saturated carbocycles. The number of carbonyl (C=O) groups is 1. The molecule has 0 saturated heterocycles. The van der Waals surface area contributed by atoms with Gasteiger partial charge >= 0.3 is 0 Å². The molecule has 0 fully saturated rings. The number of halogens is 1. The zero-order chi connectivity index (χ0) is 13.8. The van der Waals surface area contributed by atoms with Crippen LogP contribution in [0.1, 0.15) is 22.8 Å². The normalized spacial score (nSPS) is 10.5. The minimum absolute atomic E-state index is 0.0741. The summed E-state index contributed by atoms with van der Waals surface area (Å²) in [4.78, 5) is 12.0. The maximum absolute atomic E-state index is 13.7. The molecule has 1 aromatic carbocycles. The smallest absolute Gasteiger partial charge is 0.170 e.